The number of ether oxygens (including phenoxy) is 2. The molecule has 5 rings (SSSR count). The fourth-order valence-corrected chi connectivity index (χ4v) is 4.38. The summed E-state index contributed by atoms with van der Waals surface area (Å²) >= 11 is 0. The predicted octanol–water partition coefficient (Wildman–Crippen LogP) is 7.94. The maximum absolute atomic E-state index is 13.0. The standard InChI is InChI=1S/C37H28O6/c38-31-18-13-28(14-19-31)30-17-22-33(34(25-30)29-15-20-32(39)21-16-29)37(42-35(40)23-11-26-7-3-1-4-8-26)43-36(41)24-12-27-9-5-2-6-10-27/h1-25,37-39H/b23-11+,24-12+. The Labute approximate surface area is 249 Å². The number of rotatable bonds is 9. The minimum absolute atomic E-state index is 0.0893. The molecule has 0 radical (unpaired) electrons. The van der Waals surface area contributed by atoms with Gasteiger partial charge in [0.05, 0.1) is 0 Å². The maximum atomic E-state index is 13.0. The van der Waals surface area contributed by atoms with Gasteiger partial charge in [-0.25, -0.2) is 9.59 Å². The molecule has 2 N–H and O–H groups in total. The largest absolute Gasteiger partial charge is 0.508 e. The number of benzene rings is 5. The molecule has 0 aromatic heterocycles. The predicted molar refractivity (Wildman–Crippen MR) is 167 cm³/mol. The molecule has 0 amide bonds. The third-order valence-electron chi connectivity index (χ3n) is 6.56. The molecule has 212 valence electrons. The Morgan fingerprint density at radius 1 is 0.535 bits per heavy atom. The van der Waals surface area contributed by atoms with Crippen molar-refractivity contribution in [3.05, 3.63) is 156 Å². The Hall–Kier alpha value is -5.88. The van der Waals surface area contributed by atoms with Crippen molar-refractivity contribution in [2.24, 2.45) is 0 Å². The van der Waals surface area contributed by atoms with E-state index in [0.717, 1.165) is 22.3 Å². The number of hydrogen-bond acceptors (Lipinski definition) is 6. The summed E-state index contributed by atoms with van der Waals surface area (Å²) in [6, 6.07) is 37.3. The van der Waals surface area contributed by atoms with Crippen LogP contribution in [-0.2, 0) is 19.1 Å². The molecule has 43 heavy (non-hydrogen) atoms. The second-order valence-electron chi connectivity index (χ2n) is 9.59. The lowest BCUT2D eigenvalue weighted by Gasteiger charge is -2.21. The average Bonchev–Trinajstić information content (AvgIpc) is 3.04. The third kappa shape index (κ3) is 7.86. The summed E-state index contributed by atoms with van der Waals surface area (Å²) < 4.78 is 11.5. The summed E-state index contributed by atoms with van der Waals surface area (Å²) in [4.78, 5) is 26.0. The van der Waals surface area contributed by atoms with Crippen LogP contribution in [0.1, 0.15) is 23.0 Å². The highest BCUT2D eigenvalue weighted by Crippen LogP contribution is 2.36. The Bertz CT molecular complexity index is 1680. The van der Waals surface area contributed by atoms with E-state index >= 15 is 0 Å². The van der Waals surface area contributed by atoms with Crippen LogP contribution in [-0.4, -0.2) is 22.2 Å². The molecule has 0 aliphatic rings. The van der Waals surface area contributed by atoms with Gasteiger partial charge in [-0.1, -0.05) is 97.1 Å². The number of phenolic OH excluding ortho intramolecular Hbond substituents is 2. The van der Waals surface area contributed by atoms with E-state index in [1.165, 1.54) is 12.2 Å². The molecule has 0 unspecified atom stereocenters. The van der Waals surface area contributed by atoms with Gasteiger partial charge in [0, 0.05) is 17.7 Å². The highest BCUT2D eigenvalue weighted by Gasteiger charge is 2.24. The molecule has 0 aliphatic carbocycles. The monoisotopic (exact) mass is 568 g/mol. The van der Waals surface area contributed by atoms with Crippen LogP contribution < -0.4 is 0 Å². The summed E-state index contributed by atoms with van der Waals surface area (Å²) in [5, 5.41) is 19.7. The molecular formula is C37H28O6. The normalized spacial score (nSPS) is 11.2. The number of carbonyl (C=O) groups is 2. The first-order valence-electron chi connectivity index (χ1n) is 13.5. The zero-order valence-corrected chi connectivity index (χ0v) is 23.0. The number of phenols is 2. The van der Waals surface area contributed by atoms with Gasteiger partial charge in [-0.15, -0.1) is 0 Å². The zero-order chi connectivity index (χ0) is 30.0. The first kappa shape index (κ1) is 28.6. The molecule has 6 heteroatoms. The van der Waals surface area contributed by atoms with Crippen molar-refractivity contribution in [2.75, 3.05) is 0 Å². The highest BCUT2D eigenvalue weighted by atomic mass is 16.7. The molecule has 0 heterocycles. The quantitative estimate of drug-likeness (QED) is 0.107. The van der Waals surface area contributed by atoms with E-state index in [9.17, 15) is 19.8 Å². The van der Waals surface area contributed by atoms with E-state index < -0.39 is 18.2 Å². The molecule has 5 aromatic rings. The summed E-state index contributed by atoms with van der Waals surface area (Å²) in [7, 11) is 0. The fraction of sp³-hybridized carbons (Fsp3) is 0.0270. The van der Waals surface area contributed by atoms with Gasteiger partial charge in [-0.3, -0.25) is 0 Å². The second-order valence-corrected chi connectivity index (χ2v) is 9.59. The minimum Gasteiger partial charge on any atom is -0.508 e. The van der Waals surface area contributed by atoms with Crippen molar-refractivity contribution < 1.29 is 29.3 Å². The molecule has 0 atom stereocenters. The lowest BCUT2D eigenvalue weighted by molar-refractivity contribution is -0.182. The lowest BCUT2D eigenvalue weighted by atomic mass is 9.94. The zero-order valence-electron chi connectivity index (χ0n) is 23.0. The van der Waals surface area contributed by atoms with Gasteiger partial charge in [0.2, 0.25) is 0 Å². The van der Waals surface area contributed by atoms with Crippen LogP contribution in [0.4, 0.5) is 0 Å². The van der Waals surface area contributed by atoms with Gasteiger partial charge in [0.25, 0.3) is 6.29 Å². The van der Waals surface area contributed by atoms with Gasteiger partial charge in [-0.2, -0.15) is 0 Å². The maximum Gasteiger partial charge on any atom is 0.334 e. The van der Waals surface area contributed by atoms with E-state index in [1.54, 1.807) is 66.7 Å². The molecule has 0 bridgehead atoms. The van der Waals surface area contributed by atoms with Gasteiger partial charge >= 0.3 is 11.9 Å². The van der Waals surface area contributed by atoms with Gasteiger partial charge in [0.15, 0.2) is 0 Å². The minimum atomic E-state index is -1.39. The molecule has 0 fully saturated rings. The van der Waals surface area contributed by atoms with Crippen molar-refractivity contribution >= 4 is 24.1 Å². The van der Waals surface area contributed by atoms with Crippen LogP contribution in [0.25, 0.3) is 34.4 Å². The Kier molecular flexibility index (Phi) is 9.10. The average molecular weight is 569 g/mol. The summed E-state index contributed by atoms with van der Waals surface area (Å²) in [5.41, 5.74) is 5.02. The van der Waals surface area contributed by atoms with Crippen molar-refractivity contribution in [1.29, 1.82) is 0 Å². The number of carbonyl (C=O) groups excluding carboxylic acids is 2. The molecule has 5 aromatic carbocycles. The third-order valence-corrected chi connectivity index (χ3v) is 6.56. The van der Waals surface area contributed by atoms with Gasteiger partial charge in [-0.05, 0) is 75.9 Å². The molecule has 0 aliphatic heterocycles. The SMILES string of the molecule is O=C(/C=C/c1ccccc1)OC(OC(=O)/C=C/c1ccccc1)c1ccc(-c2ccc(O)cc2)cc1-c1ccc(O)cc1. The Morgan fingerprint density at radius 3 is 1.47 bits per heavy atom. The second kappa shape index (κ2) is 13.7. The number of hydrogen-bond donors (Lipinski definition) is 2. The molecule has 0 spiro atoms. The Balaban J connectivity index is 1.52. The molecular weight excluding hydrogens is 540 g/mol. The van der Waals surface area contributed by atoms with Crippen molar-refractivity contribution in [3.8, 4) is 33.8 Å². The van der Waals surface area contributed by atoms with Crippen molar-refractivity contribution in [3.63, 3.8) is 0 Å². The Morgan fingerprint density at radius 2 is 0.977 bits per heavy atom. The summed E-state index contributed by atoms with van der Waals surface area (Å²) in [5.74, 6) is -1.17. The summed E-state index contributed by atoms with van der Waals surface area (Å²) in [6.45, 7) is 0. The van der Waals surface area contributed by atoms with Gasteiger partial charge < -0.3 is 19.7 Å². The van der Waals surface area contributed by atoms with Crippen LogP contribution >= 0.6 is 0 Å². The van der Waals surface area contributed by atoms with Crippen LogP contribution in [0.15, 0.2) is 140 Å². The van der Waals surface area contributed by atoms with E-state index in [0.29, 0.717) is 16.7 Å². The molecule has 0 saturated carbocycles. The lowest BCUT2D eigenvalue weighted by Crippen LogP contribution is -2.17. The topological polar surface area (TPSA) is 93.1 Å². The number of esters is 2. The van der Waals surface area contributed by atoms with Crippen LogP contribution in [0.2, 0.25) is 0 Å². The highest BCUT2D eigenvalue weighted by molar-refractivity contribution is 5.89. The van der Waals surface area contributed by atoms with Crippen LogP contribution in [0.3, 0.4) is 0 Å². The fourth-order valence-electron chi connectivity index (χ4n) is 4.38. The van der Waals surface area contributed by atoms with E-state index in [4.69, 9.17) is 9.47 Å². The van der Waals surface area contributed by atoms with E-state index in [-0.39, 0.29) is 11.5 Å². The molecule has 6 nitrogen and oxygen atoms in total. The first-order valence-corrected chi connectivity index (χ1v) is 13.5. The smallest absolute Gasteiger partial charge is 0.334 e. The van der Waals surface area contributed by atoms with Crippen molar-refractivity contribution in [1.82, 2.24) is 0 Å². The van der Waals surface area contributed by atoms with E-state index in [2.05, 4.69) is 0 Å². The van der Waals surface area contributed by atoms with Crippen molar-refractivity contribution in [2.45, 2.75) is 6.29 Å². The van der Waals surface area contributed by atoms with Crippen LogP contribution in [0, 0.1) is 0 Å². The number of aromatic hydroxyl groups is 2. The summed E-state index contributed by atoms with van der Waals surface area (Å²) in [6.07, 6.45) is 4.40. The van der Waals surface area contributed by atoms with Gasteiger partial charge in [0.1, 0.15) is 11.5 Å². The van der Waals surface area contributed by atoms with E-state index in [1.807, 2.05) is 72.8 Å². The first-order chi connectivity index (χ1) is 20.9. The van der Waals surface area contributed by atoms with Crippen LogP contribution in [0.5, 0.6) is 11.5 Å². The molecule has 0 saturated heterocycles.